The monoisotopic (exact) mass is 1570 g/mol. The van der Waals surface area contributed by atoms with E-state index in [0.717, 1.165) is 154 Å². The lowest BCUT2D eigenvalue weighted by Crippen LogP contribution is -2.49. The summed E-state index contributed by atoms with van der Waals surface area (Å²) in [4.78, 5) is 105. The SMILES string of the molecule is C1CCNC1.CNC(=O)C(O)C(O)C(=O)NCCCN1CCN(CCCNC(=S)Nc2cccc(C3CC(C)C(C)C3)c2)CC1.NCCCN1CCN(CCCNC(=S)Nc2cccc(-c3cc(CN(CC(=O)O)CC(=O)O)nc(CN(CC(=O)O)CC(=O)O)c3)c2)CC1.O=C(O)C(O)C(O)COON1CCCC1. The van der Waals surface area contributed by atoms with E-state index in [1.807, 2.05) is 24.3 Å². The molecule has 34 nitrogen and oxygen atoms in total. The summed E-state index contributed by atoms with van der Waals surface area (Å²) in [6.07, 6.45) is 4.12. The molecule has 610 valence electrons. The van der Waals surface area contributed by atoms with Gasteiger partial charge in [-0.15, -0.1) is 4.99 Å². The average molecular weight is 1570 g/mol. The first-order valence-corrected chi connectivity index (χ1v) is 38.4. The smallest absolute Gasteiger partial charge is 0.335 e. The maximum atomic E-state index is 11.9. The quantitative estimate of drug-likeness (QED) is 0.0160. The maximum absolute atomic E-state index is 11.9. The number of piperazine rings is 2. The Morgan fingerprint density at radius 3 is 1.41 bits per heavy atom. The van der Waals surface area contributed by atoms with E-state index < -0.39 is 92.3 Å². The van der Waals surface area contributed by atoms with E-state index >= 15 is 0 Å². The van der Waals surface area contributed by atoms with Crippen molar-refractivity contribution in [1.82, 2.24) is 66.0 Å². The molecule has 36 heteroatoms. The van der Waals surface area contributed by atoms with Gasteiger partial charge < -0.3 is 109 Å². The lowest BCUT2D eigenvalue weighted by atomic mass is 9.96. The molecule has 3 aromatic rings. The Labute approximate surface area is 649 Å². The minimum absolute atomic E-state index is 0.132. The zero-order valence-corrected chi connectivity index (χ0v) is 64.8. The molecule has 0 bridgehead atoms. The van der Waals surface area contributed by atoms with E-state index in [4.69, 9.17) is 50.5 Å². The number of carboxylic acids is 5. The zero-order valence-electron chi connectivity index (χ0n) is 63.1. The molecule has 6 atom stereocenters. The number of aliphatic hydroxyl groups is 4. The first kappa shape index (κ1) is 92.3. The number of likely N-dealkylation sites (N-methyl/N-ethyl adjacent to an activating group) is 1. The van der Waals surface area contributed by atoms with Gasteiger partial charge in [-0.3, -0.25) is 43.6 Å². The Morgan fingerprint density at radius 1 is 0.560 bits per heavy atom. The number of carbonyl (C=O) groups excluding carboxylic acids is 2. The number of hydroxylamine groups is 2. The Balaban J connectivity index is 0.000000314. The van der Waals surface area contributed by atoms with Gasteiger partial charge in [-0.2, -0.15) is 5.06 Å². The number of carbonyl (C=O) groups is 7. The number of aliphatic carboxylic acids is 5. The van der Waals surface area contributed by atoms with Gasteiger partial charge in [0.2, 0.25) is 0 Å². The molecule has 8 rings (SSSR count). The summed E-state index contributed by atoms with van der Waals surface area (Å²) in [5.74, 6) is -5.68. The number of nitrogens with two attached hydrogens (primary N) is 1. The highest BCUT2D eigenvalue weighted by Crippen LogP contribution is 2.42. The predicted octanol–water partition coefficient (Wildman–Crippen LogP) is 0.560. The van der Waals surface area contributed by atoms with Crippen LogP contribution in [-0.4, -0.2) is 332 Å². The molecule has 5 aliphatic rings. The number of pyridine rings is 1. The summed E-state index contributed by atoms with van der Waals surface area (Å²) >= 11 is 11.1. The highest BCUT2D eigenvalue weighted by molar-refractivity contribution is 7.80. The fourth-order valence-corrected chi connectivity index (χ4v) is 13.4. The molecule has 4 aliphatic heterocycles. The van der Waals surface area contributed by atoms with Crippen LogP contribution < -0.4 is 43.0 Å². The van der Waals surface area contributed by atoms with Crippen molar-refractivity contribution >= 4 is 87.7 Å². The van der Waals surface area contributed by atoms with E-state index in [-0.39, 0.29) is 19.7 Å². The van der Waals surface area contributed by atoms with Gasteiger partial charge in [0.1, 0.15) is 12.7 Å². The van der Waals surface area contributed by atoms with Gasteiger partial charge in [0.15, 0.2) is 28.5 Å². The average Bonchev–Trinajstić information content (AvgIpc) is 1.57. The highest BCUT2D eigenvalue weighted by Gasteiger charge is 2.31. The third-order valence-corrected chi connectivity index (χ3v) is 19.5. The molecular formula is C73H118N16O18S2. The largest absolute Gasteiger partial charge is 0.480 e. The van der Waals surface area contributed by atoms with Crippen LogP contribution in [0.4, 0.5) is 11.4 Å². The summed E-state index contributed by atoms with van der Waals surface area (Å²) in [6, 6.07) is 19.4. The Bertz CT molecular complexity index is 3170. The molecule has 0 radical (unpaired) electrons. The number of anilines is 2. The second-order valence-corrected chi connectivity index (χ2v) is 28.8. The molecular weight excluding hydrogens is 1450 g/mol. The van der Waals surface area contributed by atoms with Crippen LogP contribution in [0.2, 0.25) is 0 Å². The predicted molar refractivity (Wildman–Crippen MR) is 418 cm³/mol. The minimum atomic E-state index is -1.85. The number of rotatable bonds is 40. The number of aliphatic hydroxyl groups excluding tert-OH is 4. The van der Waals surface area contributed by atoms with Crippen LogP contribution in [0.5, 0.6) is 0 Å². The van der Waals surface area contributed by atoms with Crippen molar-refractivity contribution in [3.05, 3.63) is 77.6 Å². The summed E-state index contributed by atoms with van der Waals surface area (Å²) in [5, 5.41) is 107. The van der Waals surface area contributed by atoms with Gasteiger partial charge in [-0.1, -0.05) is 38.1 Å². The normalized spacial score (nSPS) is 18.8. The Morgan fingerprint density at radius 2 is 0.991 bits per heavy atom. The molecule has 5 heterocycles. The fourth-order valence-electron chi connectivity index (χ4n) is 12.9. The van der Waals surface area contributed by atoms with Crippen LogP contribution in [0.1, 0.15) is 101 Å². The highest BCUT2D eigenvalue weighted by atomic mass is 32.1. The first-order valence-electron chi connectivity index (χ1n) is 37.6. The number of carboxylic acid groups (broad SMARTS) is 5. The van der Waals surface area contributed by atoms with Gasteiger partial charge in [0, 0.05) is 117 Å². The second-order valence-electron chi connectivity index (χ2n) is 28.0. The van der Waals surface area contributed by atoms with Crippen molar-refractivity contribution in [3.8, 4) is 11.1 Å². The first-order chi connectivity index (χ1) is 52.2. The van der Waals surface area contributed by atoms with Gasteiger partial charge in [-0.05, 0) is 205 Å². The topological polar surface area (TPSA) is 466 Å². The third kappa shape index (κ3) is 37.5. The third-order valence-electron chi connectivity index (χ3n) is 19.0. The number of nitrogens with zero attached hydrogens (tertiary/aromatic N) is 8. The van der Waals surface area contributed by atoms with Gasteiger partial charge in [0.05, 0.1) is 37.6 Å². The van der Waals surface area contributed by atoms with Gasteiger partial charge in [0.25, 0.3) is 11.8 Å². The van der Waals surface area contributed by atoms with Crippen LogP contribution in [0.3, 0.4) is 0 Å². The van der Waals surface area contributed by atoms with Crippen molar-refractivity contribution in [3.63, 3.8) is 0 Å². The van der Waals surface area contributed by atoms with Crippen molar-refractivity contribution < 1.29 is 89.4 Å². The number of aromatic nitrogens is 1. The lowest BCUT2D eigenvalue weighted by Gasteiger charge is -2.34. The summed E-state index contributed by atoms with van der Waals surface area (Å²) in [5.41, 5.74) is 10.8. The Hall–Kier alpha value is -7.34. The summed E-state index contributed by atoms with van der Waals surface area (Å²) < 4.78 is 0. The molecule has 1 saturated carbocycles. The molecule has 2 aromatic carbocycles. The van der Waals surface area contributed by atoms with Crippen LogP contribution in [-0.2, 0) is 56.5 Å². The molecule has 109 heavy (non-hydrogen) atoms. The van der Waals surface area contributed by atoms with E-state index in [2.05, 4.69) is 105 Å². The van der Waals surface area contributed by atoms with Crippen LogP contribution in [0, 0.1) is 11.8 Å². The number of thiocarbonyl (C=S) groups is 2. The second kappa shape index (κ2) is 51.3. The van der Waals surface area contributed by atoms with E-state index in [9.17, 15) is 64.2 Å². The molecule has 1 aliphatic carbocycles. The summed E-state index contributed by atoms with van der Waals surface area (Å²) in [7, 11) is 1.33. The van der Waals surface area contributed by atoms with Crippen molar-refractivity contribution in [1.29, 1.82) is 0 Å². The molecule has 2 amide bonds. The van der Waals surface area contributed by atoms with Crippen molar-refractivity contribution in [2.75, 3.05) is 181 Å². The van der Waals surface area contributed by atoms with Crippen LogP contribution in [0.15, 0.2) is 60.7 Å². The molecule has 6 unspecified atom stereocenters. The molecule has 1 aromatic heterocycles. The summed E-state index contributed by atoms with van der Waals surface area (Å²) in [6.45, 7) is 20.4. The van der Waals surface area contributed by atoms with Gasteiger partial charge in [-0.25, -0.2) is 9.68 Å². The number of nitrogens with one attached hydrogen (secondary N) is 7. The standard InChI is InChI=1S/C32H46N8O8S.C29H48N6O4S.C8H15NO6.C4H9N/c33-6-2-8-37-10-12-38(13-11-37)9-3-7-34-32(49)36-25-5-1-4-23(14-25)24-15-26(17-39(19-28(41)42)20-29(43)44)35-27(16-24)18-40(21-30(45)46)22-31(47)48;1-20-17-23(18-21(20)2)22-7-4-8-24(19-22)33-29(40)32-10-6-12-35-15-13-34(14-16-35)11-5-9-31-28(39)26(37)25(36)27(38)30-3;10-6(7(11)8(12)13)5-14-15-9-3-1-2-4-9;1-2-4-5-3-1/h1,4-5,14-16H,2-3,6-13,17-22,33H2,(H,41,42)(H,43,44)(H,45,46)(H,47,48)(H2,34,36,49);4,7-8,19-21,23,25-26,36-37H,5-6,9-18H2,1-3H3,(H,30,38)(H,31,39)(H2,32,33,40);6-7,10-11H,1-5H2,(H,12,13);5H,1-4H2. The minimum Gasteiger partial charge on any atom is -0.480 e. The Kier molecular flexibility index (Phi) is 43.4. The van der Waals surface area contributed by atoms with Crippen LogP contribution >= 0.6 is 24.4 Å². The van der Waals surface area contributed by atoms with Crippen LogP contribution in [0.25, 0.3) is 11.1 Å². The molecule has 18 N–H and O–H groups in total. The number of amides is 2. The number of hydrogen-bond acceptors (Lipinski definition) is 25. The van der Waals surface area contributed by atoms with E-state index in [0.29, 0.717) is 64.0 Å². The number of benzene rings is 2. The van der Waals surface area contributed by atoms with Crippen molar-refractivity contribution in [2.24, 2.45) is 17.6 Å². The molecule has 4 saturated heterocycles. The van der Waals surface area contributed by atoms with E-state index in [1.165, 1.54) is 61.2 Å². The molecule has 5 fully saturated rings. The van der Waals surface area contributed by atoms with E-state index in [1.54, 1.807) is 17.2 Å². The maximum Gasteiger partial charge on any atom is 0.335 e. The van der Waals surface area contributed by atoms with Gasteiger partial charge >= 0.3 is 29.8 Å². The van der Waals surface area contributed by atoms with Crippen molar-refractivity contribution in [2.45, 2.75) is 121 Å². The molecule has 0 spiro atoms. The lowest BCUT2D eigenvalue weighted by molar-refractivity contribution is -0.427. The fraction of sp³-hybridized carbons (Fsp3) is 0.644. The number of hydrogen-bond donors (Lipinski definition) is 17. The zero-order chi connectivity index (χ0) is 79.6.